The normalized spacial score (nSPS) is 30.9. The van der Waals surface area contributed by atoms with Crippen LogP contribution in [0.25, 0.3) is 0 Å². The first kappa shape index (κ1) is 78.1. The average molecular weight is 1390 g/mol. The fourth-order valence-electron chi connectivity index (χ4n) is 15.9. The third kappa shape index (κ3) is 18.8. The summed E-state index contributed by atoms with van der Waals surface area (Å²) in [4.78, 5) is 190. The molecule has 3 N–H and O–H groups in total. The van der Waals surface area contributed by atoms with E-state index in [1.54, 1.807) is 25.7 Å². The summed E-state index contributed by atoms with van der Waals surface area (Å²) < 4.78 is 42.1. The van der Waals surface area contributed by atoms with Crippen LogP contribution in [0.15, 0.2) is 0 Å². The molecule has 7 fully saturated rings. The highest BCUT2D eigenvalue weighted by Gasteiger charge is 2.52. The SMILES string of the molecule is CC[C@H](C)[C@@H]1NC(=O)[C@H](C)N(C)C(=O)C[C@@H](C(=O)N2CCCCC2)N(C)C(=O)[C@H](C(C)C)N(C)C(=O)C2(CCCC2)NC(=O)[C@@H]2CCCN2C(=O)[C@H](CCC2CCC(C(F)(F)F)C(Cl)C2)NC(=O)[C@H]2CCCN2C(=O)[C@H](CC2CCCCC2)N(C)C(=O)CN(C)C(=O)CN(C)C1=O. The molecule has 3 unspecified atom stereocenters. The number of fused-ring (bicyclic) bond motifs is 2. The van der Waals surface area contributed by atoms with Crippen LogP contribution >= 0.6 is 11.6 Å². The summed E-state index contributed by atoms with van der Waals surface area (Å²) in [5, 5.41) is 7.60. The molecular formula is C69H110ClF3N12O12. The number of hydrogen-bond donors (Lipinski definition) is 3. The number of likely N-dealkylation sites (N-methyl/N-ethyl adjacent to an activating group) is 6. The van der Waals surface area contributed by atoms with Gasteiger partial charge in [0, 0.05) is 73.8 Å². The molecular weight excluding hydrogens is 1280 g/mol. The Balaban J connectivity index is 1.25. The van der Waals surface area contributed by atoms with E-state index in [0.717, 1.165) is 53.2 Å². The molecule has 12 amide bonds. The van der Waals surface area contributed by atoms with Gasteiger partial charge in [0.1, 0.15) is 53.9 Å². The molecule has 24 nitrogen and oxygen atoms in total. The van der Waals surface area contributed by atoms with Crippen molar-refractivity contribution in [1.82, 2.24) is 60.0 Å². The van der Waals surface area contributed by atoms with E-state index in [-0.39, 0.29) is 89.1 Å². The van der Waals surface area contributed by atoms with Crippen molar-refractivity contribution in [2.24, 2.45) is 29.6 Å². The molecule has 12 atom stereocenters. The molecule has 3 saturated carbocycles. The second-order valence-electron chi connectivity index (χ2n) is 29.6. The number of piperidine rings is 1. The summed E-state index contributed by atoms with van der Waals surface area (Å²) in [5.74, 6) is -10.5. The maximum Gasteiger partial charge on any atom is 0.393 e. The Kier molecular flexibility index (Phi) is 27.5. The van der Waals surface area contributed by atoms with E-state index in [0.29, 0.717) is 58.0 Å². The Bertz CT molecular complexity index is 2850. The summed E-state index contributed by atoms with van der Waals surface area (Å²) in [6.07, 6.45) is 4.91. The van der Waals surface area contributed by atoms with Crippen molar-refractivity contribution in [2.45, 2.75) is 254 Å². The number of nitrogens with zero attached hydrogens (tertiary/aromatic N) is 9. The smallest absolute Gasteiger partial charge is 0.343 e. The van der Waals surface area contributed by atoms with Crippen molar-refractivity contribution in [3.8, 4) is 0 Å². The second kappa shape index (κ2) is 34.2. The third-order valence-corrected chi connectivity index (χ3v) is 23.0. The summed E-state index contributed by atoms with van der Waals surface area (Å²) >= 11 is 6.42. The van der Waals surface area contributed by atoms with Gasteiger partial charge in [0.15, 0.2) is 0 Å². The Morgan fingerprint density at radius 3 is 1.76 bits per heavy atom. The van der Waals surface area contributed by atoms with E-state index in [9.17, 15) is 41.9 Å². The predicted molar refractivity (Wildman–Crippen MR) is 356 cm³/mol. The lowest BCUT2D eigenvalue weighted by Gasteiger charge is -2.42. The molecule has 4 aliphatic heterocycles. The maximum atomic E-state index is 15.4. The van der Waals surface area contributed by atoms with Crippen LogP contribution in [-0.2, 0) is 57.5 Å². The third-order valence-electron chi connectivity index (χ3n) is 22.5. The highest BCUT2D eigenvalue weighted by molar-refractivity contribution is 6.21. The zero-order valence-corrected chi connectivity index (χ0v) is 60.0. The van der Waals surface area contributed by atoms with Crippen LogP contribution in [0.1, 0.15) is 189 Å². The second-order valence-corrected chi connectivity index (χ2v) is 30.1. The molecule has 28 heteroatoms. The first-order valence-electron chi connectivity index (χ1n) is 35.8. The Morgan fingerprint density at radius 2 is 1.18 bits per heavy atom. The van der Waals surface area contributed by atoms with E-state index < -0.39 is 174 Å². The fraction of sp³-hybridized carbons (Fsp3) is 0.826. The lowest BCUT2D eigenvalue weighted by Crippen LogP contribution is -2.65. The van der Waals surface area contributed by atoms with Gasteiger partial charge in [-0.3, -0.25) is 57.5 Å². The maximum absolute atomic E-state index is 15.4. The van der Waals surface area contributed by atoms with Gasteiger partial charge in [-0.2, -0.15) is 13.2 Å². The highest BCUT2D eigenvalue weighted by Crippen LogP contribution is 2.44. The molecule has 3 aliphatic carbocycles. The number of likely N-dealkylation sites (tertiary alicyclic amines) is 1. The topological polar surface area (TPSA) is 270 Å². The Hall–Kier alpha value is -6.28. The fourth-order valence-corrected chi connectivity index (χ4v) is 16.4. The molecule has 7 aliphatic rings. The summed E-state index contributed by atoms with van der Waals surface area (Å²) in [6, 6.07) is -9.71. The largest absolute Gasteiger partial charge is 0.393 e. The minimum Gasteiger partial charge on any atom is -0.343 e. The molecule has 7 rings (SSSR count). The molecule has 4 heterocycles. The molecule has 97 heavy (non-hydrogen) atoms. The summed E-state index contributed by atoms with van der Waals surface area (Å²) in [5.41, 5.74) is -1.56. The highest BCUT2D eigenvalue weighted by atomic mass is 35.5. The van der Waals surface area contributed by atoms with Gasteiger partial charge >= 0.3 is 6.18 Å². The quantitative estimate of drug-likeness (QED) is 0.256. The van der Waals surface area contributed by atoms with Crippen LogP contribution in [0.4, 0.5) is 13.2 Å². The lowest BCUT2D eigenvalue weighted by molar-refractivity contribution is -0.182. The number of nitrogens with one attached hydrogen (secondary N) is 3. The van der Waals surface area contributed by atoms with Crippen molar-refractivity contribution in [2.75, 3.05) is 81.6 Å². The average Bonchev–Trinajstić information content (AvgIpc) is 1.74. The van der Waals surface area contributed by atoms with Crippen LogP contribution < -0.4 is 16.0 Å². The van der Waals surface area contributed by atoms with Gasteiger partial charge in [-0.15, -0.1) is 11.6 Å². The van der Waals surface area contributed by atoms with Crippen LogP contribution in [0.2, 0.25) is 0 Å². The van der Waals surface area contributed by atoms with Crippen LogP contribution in [0, 0.1) is 29.6 Å². The van der Waals surface area contributed by atoms with Gasteiger partial charge < -0.3 is 60.0 Å². The zero-order valence-electron chi connectivity index (χ0n) is 59.2. The molecule has 0 aromatic heterocycles. The van der Waals surface area contributed by atoms with Crippen LogP contribution in [0.3, 0.4) is 0 Å². The van der Waals surface area contributed by atoms with Gasteiger partial charge in [-0.1, -0.05) is 79.1 Å². The van der Waals surface area contributed by atoms with Gasteiger partial charge in [0.05, 0.1) is 25.4 Å². The van der Waals surface area contributed by atoms with E-state index in [1.807, 2.05) is 6.92 Å². The first-order valence-corrected chi connectivity index (χ1v) is 36.2. The van der Waals surface area contributed by atoms with Gasteiger partial charge in [0.25, 0.3) is 0 Å². The number of hydrogen-bond acceptors (Lipinski definition) is 12. The van der Waals surface area contributed by atoms with Gasteiger partial charge in [0.2, 0.25) is 70.9 Å². The number of amides is 12. The lowest BCUT2D eigenvalue weighted by atomic mass is 9.78. The number of carbonyl (C=O) groups is 12. The zero-order chi connectivity index (χ0) is 71.5. The van der Waals surface area contributed by atoms with Crippen molar-refractivity contribution in [1.29, 1.82) is 0 Å². The number of halogens is 4. The standard InChI is InChI=1S/C69H110ClF3N12O12/c1-12-43(4)57-65(95)78(7)40-55(87)77(6)41-56(88)80(9)52(38-45-23-15-13-16-24-45)64(94)85-36-21-25-50(85)60(90)74-49(30-28-46-27-29-47(48(70)37-46)69(71,72)73)62(92)84-35-22-26-51(84)61(91)76-68(31-17-18-32-68)67(97)82(11)58(42(2)3)66(96)81(10)53(63(93)83-33-19-14-20-34-83)39-54(86)79(8)44(5)59(89)75-57/h42-53,57-58H,12-41H2,1-11H3,(H,74,90)(H,75,89)(H,76,91)/t43-,44-,46?,47?,48?,49-,50+,51-,52-,53-,57-,58-/m0/s1. The van der Waals surface area contributed by atoms with E-state index in [4.69, 9.17) is 11.6 Å². The van der Waals surface area contributed by atoms with Gasteiger partial charge in [-0.25, -0.2) is 0 Å². The molecule has 0 radical (unpaired) electrons. The first-order chi connectivity index (χ1) is 45.7. The van der Waals surface area contributed by atoms with E-state index >= 15 is 28.8 Å². The van der Waals surface area contributed by atoms with Crippen molar-refractivity contribution < 1.29 is 70.7 Å². The minimum absolute atomic E-state index is 0.00720. The van der Waals surface area contributed by atoms with Crippen molar-refractivity contribution in [3.05, 3.63) is 0 Å². The summed E-state index contributed by atoms with van der Waals surface area (Å²) in [6.45, 7) is 8.45. The van der Waals surface area contributed by atoms with Crippen molar-refractivity contribution in [3.63, 3.8) is 0 Å². The van der Waals surface area contributed by atoms with Crippen molar-refractivity contribution >= 4 is 82.5 Å². The Morgan fingerprint density at radius 1 is 0.588 bits per heavy atom. The molecule has 0 aromatic rings. The summed E-state index contributed by atoms with van der Waals surface area (Å²) in [7, 11) is 8.51. The number of alkyl halides is 4. The van der Waals surface area contributed by atoms with E-state index in [1.165, 1.54) is 73.7 Å². The molecule has 1 spiro atoms. The Labute approximate surface area is 576 Å². The monoisotopic (exact) mass is 1390 g/mol. The van der Waals surface area contributed by atoms with Crippen LogP contribution in [-0.4, -0.2) is 262 Å². The minimum atomic E-state index is -4.50. The molecule has 0 aromatic carbocycles. The number of rotatable bonds is 9. The van der Waals surface area contributed by atoms with Crippen LogP contribution in [0.5, 0.6) is 0 Å². The predicted octanol–water partition coefficient (Wildman–Crippen LogP) is 5.07. The van der Waals surface area contributed by atoms with E-state index in [2.05, 4.69) is 16.0 Å². The molecule has 4 saturated heterocycles. The number of carbonyl (C=O) groups excluding carboxylic acids is 12. The molecule has 0 bridgehead atoms. The molecule has 546 valence electrons. The van der Waals surface area contributed by atoms with Gasteiger partial charge in [-0.05, 0) is 127 Å².